The molecule has 0 aliphatic carbocycles. The SMILES string of the molecule is C=CCO[PH2]=O.[CaH2]. The maximum absolute atomic E-state index is 9.50. The Bertz CT molecular complexity index is 48.9. The van der Waals surface area contributed by atoms with Crippen molar-refractivity contribution < 1.29 is 9.09 Å². The third-order valence-corrected chi connectivity index (χ3v) is 0.611. The van der Waals surface area contributed by atoms with Crippen molar-refractivity contribution in [2.24, 2.45) is 0 Å². The Morgan fingerprint density at radius 3 is 2.57 bits per heavy atom. The summed E-state index contributed by atoms with van der Waals surface area (Å²) >= 11 is 0. The standard InChI is InChI=1S/C3H7O2P.Ca.2H/c1-2-3-5-6-4;;;/h2H,1,3,6H2;;;. The molecule has 4 heteroatoms. The van der Waals surface area contributed by atoms with Crippen molar-refractivity contribution in [1.29, 1.82) is 0 Å². The van der Waals surface area contributed by atoms with Gasteiger partial charge >= 0.3 is 37.7 Å². The summed E-state index contributed by atoms with van der Waals surface area (Å²) in [5.74, 6) is 0. The van der Waals surface area contributed by atoms with E-state index in [1.807, 2.05) is 0 Å². The van der Waals surface area contributed by atoms with E-state index in [2.05, 4.69) is 11.1 Å². The van der Waals surface area contributed by atoms with E-state index in [1.165, 1.54) is 0 Å². The quantitative estimate of drug-likeness (QED) is 0.243. The van der Waals surface area contributed by atoms with Gasteiger partial charge in [0.25, 0.3) is 0 Å². The van der Waals surface area contributed by atoms with Gasteiger partial charge in [-0.1, -0.05) is 6.08 Å². The van der Waals surface area contributed by atoms with Crippen LogP contribution in [0.2, 0.25) is 0 Å². The maximum atomic E-state index is 9.50. The Hall–Kier alpha value is 1.19. The summed E-state index contributed by atoms with van der Waals surface area (Å²) in [7, 11) is -1.04. The summed E-state index contributed by atoms with van der Waals surface area (Å²) in [4.78, 5) is 0. The van der Waals surface area contributed by atoms with Gasteiger partial charge in [-0.3, -0.25) is 4.57 Å². The Balaban J connectivity index is 0. The third kappa shape index (κ3) is 11.0. The van der Waals surface area contributed by atoms with E-state index in [9.17, 15) is 4.57 Å². The Labute approximate surface area is 74.2 Å². The molecule has 1 unspecified atom stereocenters. The molecule has 0 heterocycles. The van der Waals surface area contributed by atoms with E-state index >= 15 is 0 Å². The Kier molecular flexibility index (Phi) is 16.1. The second kappa shape index (κ2) is 10.2. The molecule has 7 heavy (non-hydrogen) atoms. The summed E-state index contributed by atoms with van der Waals surface area (Å²) in [6.07, 6.45) is 1.56. The average molecular weight is 148 g/mol. The molecule has 0 aromatic rings. The fourth-order valence-electron chi connectivity index (χ4n) is 0.107. The van der Waals surface area contributed by atoms with Gasteiger partial charge in [-0.15, -0.1) is 6.58 Å². The molecule has 0 N–H and O–H groups in total. The minimum absolute atomic E-state index is 0. The van der Waals surface area contributed by atoms with Crippen molar-refractivity contribution in [2.75, 3.05) is 6.61 Å². The van der Waals surface area contributed by atoms with E-state index in [4.69, 9.17) is 0 Å². The summed E-state index contributed by atoms with van der Waals surface area (Å²) in [5, 5.41) is 0. The van der Waals surface area contributed by atoms with Gasteiger partial charge in [0.1, 0.15) is 0 Å². The Morgan fingerprint density at radius 2 is 2.43 bits per heavy atom. The molecule has 0 amide bonds. The molecule has 0 radical (unpaired) electrons. The first kappa shape index (κ1) is 11.0. The van der Waals surface area contributed by atoms with Crippen molar-refractivity contribution in [3.05, 3.63) is 12.7 Å². The summed E-state index contributed by atoms with van der Waals surface area (Å²) < 4.78 is 13.9. The molecule has 0 saturated carbocycles. The van der Waals surface area contributed by atoms with Crippen LogP contribution in [0.5, 0.6) is 0 Å². The zero-order valence-electron chi connectivity index (χ0n) is 3.39. The topological polar surface area (TPSA) is 26.3 Å². The number of rotatable bonds is 3. The van der Waals surface area contributed by atoms with Crippen LogP contribution in [0.1, 0.15) is 0 Å². The average Bonchev–Trinajstić information content (AvgIpc) is 1.61. The van der Waals surface area contributed by atoms with Gasteiger partial charge in [0.15, 0.2) is 8.69 Å². The van der Waals surface area contributed by atoms with Gasteiger partial charge in [0.2, 0.25) is 0 Å². The van der Waals surface area contributed by atoms with Crippen LogP contribution in [0, 0.1) is 0 Å². The number of hydrogen-bond donors (Lipinski definition) is 0. The molecular formula is C3H9CaO2P. The van der Waals surface area contributed by atoms with E-state index in [-0.39, 0.29) is 37.7 Å². The monoisotopic (exact) mass is 148 g/mol. The predicted octanol–water partition coefficient (Wildman–Crippen LogP) is -0.0559. The molecule has 0 aliphatic rings. The summed E-state index contributed by atoms with van der Waals surface area (Å²) in [6.45, 7) is 3.75. The van der Waals surface area contributed by atoms with Crippen molar-refractivity contribution >= 4 is 46.4 Å². The number of hydrogen-bond acceptors (Lipinski definition) is 2. The molecule has 0 saturated heterocycles. The van der Waals surface area contributed by atoms with Crippen molar-refractivity contribution in [2.45, 2.75) is 0 Å². The van der Waals surface area contributed by atoms with Crippen LogP contribution in [0.4, 0.5) is 0 Å². The van der Waals surface area contributed by atoms with Crippen LogP contribution in [-0.2, 0) is 9.09 Å². The molecule has 0 rings (SSSR count). The summed E-state index contributed by atoms with van der Waals surface area (Å²) in [5.41, 5.74) is 0. The van der Waals surface area contributed by atoms with Crippen LogP contribution in [0.25, 0.3) is 0 Å². The van der Waals surface area contributed by atoms with Crippen LogP contribution >= 0.6 is 8.69 Å². The van der Waals surface area contributed by atoms with Crippen LogP contribution < -0.4 is 0 Å². The molecule has 40 valence electrons. The van der Waals surface area contributed by atoms with E-state index in [1.54, 1.807) is 6.08 Å². The predicted molar refractivity (Wildman–Crippen MR) is 35.1 cm³/mol. The normalized spacial score (nSPS) is 8.57. The van der Waals surface area contributed by atoms with E-state index in [0.717, 1.165) is 0 Å². The van der Waals surface area contributed by atoms with E-state index < -0.39 is 8.69 Å². The van der Waals surface area contributed by atoms with Crippen LogP contribution in [0.3, 0.4) is 0 Å². The van der Waals surface area contributed by atoms with Gasteiger partial charge < -0.3 is 4.52 Å². The van der Waals surface area contributed by atoms with E-state index in [0.29, 0.717) is 6.61 Å². The second-order valence-corrected chi connectivity index (χ2v) is 1.24. The molecule has 0 aromatic heterocycles. The molecule has 0 spiro atoms. The van der Waals surface area contributed by atoms with Gasteiger partial charge in [0.05, 0.1) is 6.61 Å². The van der Waals surface area contributed by atoms with Crippen LogP contribution in [0.15, 0.2) is 12.7 Å². The van der Waals surface area contributed by atoms with Gasteiger partial charge in [-0.2, -0.15) is 0 Å². The van der Waals surface area contributed by atoms with Crippen LogP contribution in [-0.4, -0.2) is 44.3 Å². The summed E-state index contributed by atoms with van der Waals surface area (Å²) in [6, 6.07) is 0. The molecular weight excluding hydrogens is 139 g/mol. The van der Waals surface area contributed by atoms with Crippen molar-refractivity contribution in [3.8, 4) is 0 Å². The molecule has 0 bridgehead atoms. The Morgan fingerprint density at radius 1 is 1.86 bits per heavy atom. The minimum atomic E-state index is -1.04. The molecule has 1 atom stereocenters. The van der Waals surface area contributed by atoms with Gasteiger partial charge in [-0.05, 0) is 0 Å². The van der Waals surface area contributed by atoms with Gasteiger partial charge in [0, 0.05) is 0 Å². The van der Waals surface area contributed by atoms with Crippen molar-refractivity contribution in [1.82, 2.24) is 0 Å². The second-order valence-electron chi connectivity index (χ2n) is 0.718. The first-order chi connectivity index (χ1) is 2.91. The fourth-order valence-corrected chi connectivity index (χ4v) is 0.322. The molecule has 2 nitrogen and oxygen atoms in total. The molecule has 0 aliphatic heterocycles. The molecule has 0 aromatic carbocycles. The molecule has 0 fully saturated rings. The zero-order valence-corrected chi connectivity index (χ0v) is 4.54. The third-order valence-electron chi connectivity index (χ3n) is 0.282. The first-order valence-corrected chi connectivity index (χ1v) is 2.52. The van der Waals surface area contributed by atoms with Gasteiger partial charge in [-0.25, -0.2) is 0 Å². The fraction of sp³-hybridized carbons (Fsp3) is 0.333. The van der Waals surface area contributed by atoms with Crippen molar-refractivity contribution in [3.63, 3.8) is 0 Å². The zero-order chi connectivity index (χ0) is 4.83. The first-order valence-electron chi connectivity index (χ1n) is 1.58.